The van der Waals surface area contributed by atoms with Crippen molar-refractivity contribution in [3.05, 3.63) is 29.8 Å². The molecule has 22 heavy (non-hydrogen) atoms. The second-order valence-corrected chi connectivity index (χ2v) is 7.41. The molecule has 4 heteroatoms. The van der Waals surface area contributed by atoms with Gasteiger partial charge in [-0.3, -0.25) is 14.5 Å². The van der Waals surface area contributed by atoms with Gasteiger partial charge in [0.2, 0.25) is 5.91 Å². The van der Waals surface area contributed by atoms with Gasteiger partial charge in [-0.05, 0) is 17.5 Å². The van der Waals surface area contributed by atoms with E-state index in [4.69, 9.17) is 0 Å². The lowest BCUT2D eigenvalue weighted by atomic mass is 9.80. The first-order chi connectivity index (χ1) is 10.1. The van der Waals surface area contributed by atoms with E-state index in [9.17, 15) is 14.7 Å². The molecule has 4 nitrogen and oxygen atoms in total. The van der Waals surface area contributed by atoms with Crippen molar-refractivity contribution in [2.45, 2.75) is 47.3 Å². The molecular formula is C18H25NO3. The first-order valence-electron chi connectivity index (χ1n) is 7.78. The molecule has 1 aromatic rings. The van der Waals surface area contributed by atoms with Gasteiger partial charge in [0, 0.05) is 29.5 Å². The van der Waals surface area contributed by atoms with E-state index < -0.39 is 6.23 Å². The number of ketones is 1. The third kappa shape index (κ3) is 3.07. The normalized spacial score (nSPS) is 22.5. The molecule has 1 aliphatic rings. The molecule has 0 bridgehead atoms. The van der Waals surface area contributed by atoms with Crippen LogP contribution < -0.4 is 4.90 Å². The summed E-state index contributed by atoms with van der Waals surface area (Å²) in [5, 5.41) is 10.3. The maximum Gasteiger partial charge on any atom is 0.232 e. The fraction of sp³-hybridized carbons (Fsp3) is 0.556. The summed E-state index contributed by atoms with van der Waals surface area (Å²) in [5.74, 6) is -0.353. The van der Waals surface area contributed by atoms with Crippen molar-refractivity contribution < 1.29 is 14.7 Å². The van der Waals surface area contributed by atoms with Crippen LogP contribution >= 0.6 is 0 Å². The van der Waals surface area contributed by atoms with Crippen LogP contribution in [0, 0.1) is 17.3 Å². The van der Waals surface area contributed by atoms with E-state index in [1.54, 1.807) is 24.3 Å². The Morgan fingerprint density at radius 2 is 1.95 bits per heavy atom. The standard InChI is InChI=1S/C18H25NO3/c1-11(2)16(21)12-7-6-8-13(9-12)19-15(20)10-14(17(19)22)18(3,4)5/h6-9,11,14-15,20H,10H2,1-5H3/t14?,15-/m0/s1. The molecule has 1 N–H and O–H groups in total. The van der Waals surface area contributed by atoms with Gasteiger partial charge in [0.15, 0.2) is 5.78 Å². The number of amides is 1. The second-order valence-electron chi connectivity index (χ2n) is 7.41. The number of rotatable bonds is 3. The van der Waals surface area contributed by atoms with Gasteiger partial charge in [-0.1, -0.05) is 46.8 Å². The number of hydrogen-bond donors (Lipinski definition) is 1. The molecule has 1 saturated heterocycles. The van der Waals surface area contributed by atoms with E-state index in [2.05, 4.69) is 0 Å². The molecule has 1 fully saturated rings. The Labute approximate surface area is 132 Å². The predicted molar refractivity (Wildman–Crippen MR) is 86.7 cm³/mol. The minimum absolute atomic E-state index is 0.0374. The topological polar surface area (TPSA) is 57.6 Å². The van der Waals surface area contributed by atoms with Crippen molar-refractivity contribution in [1.29, 1.82) is 0 Å². The summed E-state index contributed by atoms with van der Waals surface area (Å²) in [6.07, 6.45) is -0.411. The third-order valence-electron chi connectivity index (χ3n) is 4.26. The van der Waals surface area contributed by atoms with Crippen LogP contribution in [0.4, 0.5) is 5.69 Å². The first-order valence-corrected chi connectivity index (χ1v) is 7.78. The second kappa shape index (κ2) is 5.84. The van der Waals surface area contributed by atoms with Gasteiger partial charge in [-0.2, -0.15) is 0 Å². The molecule has 0 radical (unpaired) electrons. The highest BCUT2D eigenvalue weighted by molar-refractivity contribution is 6.01. The van der Waals surface area contributed by atoms with Crippen molar-refractivity contribution in [2.24, 2.45) is 17.3 Å². The number of anilines is 1. The Hall–Kier alpha value is -1.68. The van der Waals surface area contributed by atoms with Crippen LogP contribution in [0.5, 0.6) is 0 Å². The third-order valence-corrected chi connectivity index (χ3v) is 4.26. The van der Waals surface area contributed by atoms with Gasteiger partial charge >= 0.3 is 0 Å². The molecule has 0 spiro atoms. The number of nitrogens with zero attached hydrogens (tertiary/aromatic N) is 1. The molecule has 1 amide bonds. The number of aliphatic hydroxyl groups excluding tert-OH is 1. The highest BCUT2D eigenvalue weighted by atomic mass is 16.3. The maximum absolute atomic E-state index is 12.7. The fourth-order valence-electron chi connectivity index (χ4n) is 2.90. The van der Waals surface area contributed by atoms with Gasteiger partial charge in [0.05, 0.1) is 0 Å². The van der Waals surface area contributed by atoms with Crippen LogP contribution in [-0.2, 0) is 4.79 Å². The van der Waals surface area contributed by atoms with Crippen molar-refractivity contribution in [3.63, 3.8) is 0 Å². The molecule has 1 unspecified atom stereocenters. The van der Waals surface area contributed by atoms with Crippen molar-refractivity contribution in [1.82, 2.24) is 0 Å². The minimum Gasteiger partial charge on any atom is -0.373 e. The number of carbonyl (C=O) groups is 2. The zero-order chi connectivity index (χ0) is 16.7. The summed E-state index contributed by atoms with van der Waals surface area (Å²) in [6, 6.07) is 6.98. The molecule has 0 aromatic heterocycles. The minimum atomic E-state index is -0.832. The van der Waals surface area contributed by atoms with E-state index in [1.165, 1.54) is 4.90 Å². The molecule has 1 aromatic carbocycles. The monoisotopic (exact) mass is 303 g/mol. The maximum atomic E-state index is 12.7. The quantitative estimate of drug-likeness (QED) is 0.872. The largest absolute Gasteiger partial charge is 0.373 e. The highest BCUT2D eigenvalue weighted by Gasteiger charge is 2.45. The molecule has 0 saturated carbocycles. The van der Waals surface area contributed by atoms with Crippen LogP contribution in [0.15, 0.2) is 24.3 Å². The summed E-state index contributed by atoms with van der Waals surface area (Å²) < 4.78 is 0. The van der Waals surface area contributed by atoms with Gasteiger partial charge in [0.1, 0.15) is 6.23 Å². The molecular weight excluding hydrogens is 278 g/mol. The lowest BCUT2D eigenvalue weighted by Crippen LogP contribution is -2.35. The number of benzene rings is 1. The van der Waals surface area contributed by atoms with Crippen molar-refractivity contribution >= 4 is 17.4 Å². The van der Waals surface area contributed by atoms with Gasteiger partial charge < -0.3 is 5.11 Å². The Morgan fingerprint density at radius 1 is 1.32 bits per heavy atom. The lowest BCUT2D eigenvalue weighted by Gasteiger charge is -2.25. The summed E-state index contributed by atoms with van der Waals surface area (Å²) in [7, 11) is 0. The molecule has 2 atom stereocenters. The highest BCUT2D eigenvalue weighted by Crippen LogP contribution is 2.39. The molecule has 0 aliphatic carbocycles. The Balaban J connectivity index is 2.34. The van der Waals surface area contributed by atoms with Crippen LogP contribution in [0.2, 0.25) is 0 Å². The SMILES string of the molecule is CC(C)C(=O)c1cccc(N2C(=O)C(C(C)(C)C)C[C@@H]2O)c1. The van der Waals surface area contributed by atoms with Crippen LogP contribution in [0.3, 0.4) is 0 Å². The van der Waals surface area contributed by atoms with E-state index >= 15 is 0 Å². The Kier molecular flexibility index (Phi) is 4.43. The van der Waals surface area contributed by atoms with Crippen LogP contribution in [-0.4, -0.2) is 23.0 Å². The summed E-state index contributed by atoms with van der Waals surface area (Å²) in [4.78, 5) is 26.2. The van der Waals surface area contributed by atoms with E-state index in [1.807, 2.05) is 34.6 Å². The zero-order valence-electron chi connectivity index (χ0n) is 14.0. The number of carbonyl (C=O) groups excluding carboxylic acids is 2. The van der Waals surface area contributed by atoms with E-state index in [0.717, 1.165) is 0 Å². The Morgan fingerprint density at radius 3 is 2.45 bits per heavy atom. The van der Waals surface area contributed by atoms with E-state index in [0.29, 0.717) is 17.7 Å². The molecule has 120 valence electrons. The summed E-state index contributed by atoms with van der Waals surface area (Å²) in [5.41, 5.74) is 0.973. The smallest absolute Gasteiger partial charge is 0.232 e. The van der Waals surface area contributed by atoms with Gasteiger partial charge in [-0.25, -0.2) is 0 Å². The van der Waals surface area contributed by atoms with Crippen LogP contribution in [0.1, 0.15) is 51.4 Å². The van der Waals surface area contributed by atoms with Gasteiger partial charge in [-0.15, -0.1) is 0 Å². The average Bonchev–Trinajstić information content (AvgIpc) is 2.73. The van der Waals surface area contributed by atoms with Crippen molar-refractivity contribution in [2.75, 3.05) is 4.90 Å². The number of aliphatic hydroxyl groups is 1. The number of Topliss-reactive ketones (excluding diaryl/α,β-unsaturated/α-hetero) is 1. The Bertz CT molecular complexity index is 586. The fourth-order valence-corrected chi connectivity index (χ4v) is 2.90. The predicted octanol–water partition coefficient (Wildman–Crippen LogP) is 3.24. The van der Waals surface area contributed by atoms with Crippen molar-refractivity contribution in [3.8, 4) is 0 Å². The summed E-state index contributed by atoms with van der Waals surface area (Å²) in [6.45, 7) is 9.71. The average molecular weight is 303 g/mol. The molecule has 2 rings (SSSR count). The first kappa shape index (κ1) is 16.7. The summed E-state index contributed by atoms with van der Waals surface area (Å²) >= 11 is 0. The number of hydrogen-bond acceptors (Lipinski definition) is 3. The van der Waals surface area contributed by atoms with Gasteiger partial charge in [0.25, 0.3) is 0 Å². The zero-order valence-corrected chi connectivity index (χ0v) is 14.0. The van der Waals surface area contributed by atoms with Crippen LogP contribution in [0.25, 0.3) is 0 Å². The lowest BCUT2D eigenvalue weighted by molar-refractivity contribution is -0.123. The van der Waals surface area contributed by atoms with E-state index in [-0.39, 0.29) is 28.9 Å². The molecule has 1 aliphatic heterocycles. The molecule has 1 heterocycles.